The zero-order chi connectivity index (χ0) is 12.6. The molecule has 0 N–H and O–H groups in total. The van der Waals surface area contributed by atoms with Crippen LogP contribution in [0.25, 0.3) is 0 Å². The minimum Gasteiger partial charge on any atom is -0.298 e. The fourth-order valence-corrected chi connectivity index (χ4v) is 4.16. The Bertz CT molecular complexity index is 533. The summed E-state index contributed by atoms with van der Waals surface area (Å²) in [6.45, 7) is 0. The number of carbonyl (C=O) groups is 2. The average molecular weight is 258 g/mol. The predicted molar refractivity (Wildman–Crippen MR) is 71.6 cm³/mol. The highest BCUT2D eigenvalue weighted by Gasteiger charge is 2.48. The van der Waals surface area contributed by atoms with Crippen LogP contribution in [0.3, 0.4) is 0 Å². The molecule has 0 bridgehead atoms. The van der Waals surface area contributed by atoms with Crippen molar-refractivity contribution >= 4 is 23.3 Å². The summed E-state index contributed by atoms with van der Waals surface area (Å²) >= 11 is 1.62. The van der Waals surface area contributed by atoms with Gasteiger partial charge in [0.1, 0.15) is 4.75 Å². The van der Waals surface area contributed by atoms with Gasteiger partial charge in [-0.05, 0) is 36.6 Å². The van der Waals surface area contributed by atoms with Crippen molar-refractivity contribution in [2.75, 3.05) is 0 Å². The van der Waals surface area contributed by atoms with E-state index in [1.54, 1.807) is 17.8 Å². The molecule has 2 nitrogen and oxygen atoms in total. The Morgan fingerprint density at radius 2 is 1.78 bits per heavy atom. The molecule has 0 aliphatic heterocycles. The second-order valence-electron chi connectivity index (χ2n) is 4.80. The van der Waals surface area contributed by atoms with Crippen LogP contribution in [-0.2, 0) is 9.59 Å². The van der Waals surface area contributed by atoms with Gasteiger partial charge in [-0.15, -0.1) is 11.8 Å². The van der Waals surface area contributed by atoms with Gasteiger partial charge in [-0.1, -0.05) is 18.2 Å². The largest absolute Gasteiger partial charge is 0.298 e. The van der Waals surface area contributed by atoms with E-state index in [1.165, 1.54) is 0 Å². The van der Waals surface area contributed by atoms with Gasteiger partial charge in [0.15, 0.2) is 11.6 Å². The first-order valence-corrected chi connectivity index (χ1v) is 7.04. The molecule has 3 heteroatoms. The summed E-state index contributed by atoms with van der Waals surface area (Å²) in [5, 5.41) is 0. The van der Waals surface area contributed by atoms with Crippen LogP contribution in [-0.4, -0.2) is 16.3 Å². The summed E-state index contributed by atoms with van der Waals surface area (Å²) in [5.41, 5.74) is 1.04. The normalized spacial score (nSPS) is 27.0. The van der Waals surface area contributed by atoms with Gasteiger partial charge in [0.2, 0.25) is 0 Å². The van der Waals surface area contributed by atoms with Crippen molar-refractivity contribution < 1.29 is 9.59 Å². The summed E-state index contributed by atoms with van der Waals surface area (Å²) in [6, 6.07) is 9.99. The van der Waals surface area contributed by atoms with E-state index in [2.05, 4.69) is 0 Å². The molecule has 0 amide bonds. The maximum Gasteiger partial charge on any atom is 0.155 e. The van der Waals surface area contributed by atoms with Crippen molar-refractivity contribution in [2.24, 2.45) is 0 Å². The molecule has 1 saturated carbocycles. The van der Waals surface area contributed by atoms with E-state index >= 15 is 0 Å². The van der Waals surface area contributed by atoms with Crippen molar-refractivity contribution in [3.8, 4) is 0 Å². The number of Topliss-reactive ketones (excluding diaryl/α,β-unsaturated/α-hetero) is 1. The Kier molecular flexibility index (Phi) is 2.86. The van der Waals surface area contributed by atoms with E-state index in [0.717, 1.165) is 16.9 Å². The number of hydrogen-bond donors (Lipinski definition) is 0. The molecule has 1 aromatic carbocycles. The molecule has 1 aromatic rings. The third kappa shape index (κ3) is 1.83. The maximum absolute atomic E-state index is 12.3. The molecule has 0 aromatic heterocycles. The Labute approximate surface area is 110 Å². The Morgan fingerprint density at radius 3 is 2.56 bits per heavy atom. The van der Waals surface area contributed by atoms with Crippen LogP contribution in [0.1, 0.15) is 25.7 Å². The average Bonchev–Trinajstić information content (AvgIpc) is 2.69. The Balaban J connectivity index is 1.98. The van der Waals surface area contributed by atoms with E-state index in [9.17, 15) is 9.59 Å². The SMILES string of the molecule is O=C1C=C2CCC(=O)C2(Sc2ccccc2)CC1. The van der Waals surface area contributed by atoms with Gasteiger partial charge >= 0.3 is 0 Å². The lowest BCUT2D eigenvalue weighted by atomic mass is 9.88. The second-order valence-corrected chi connectivity index (χ2v) is 6.17. The molecule has 3 rings (SSSR count). The number of fused-ring (bicyclic) bond motifs is 1. The molecular weight excluding hydrogens is 244 g/mol. The van der Waals surface area contributed by atoms with Crippen molar-refractivity contribution in [3.63, 3.8) is 0 Å². The van der Waals surface area contributed by atoms with E-state index in [0.29, 0.717) is 19.3 Å². The lowest BCUT2D eigenvalue weighted by molar-refractivity contribution is -0.119. The lowest BCUT2D eigenvalue weighted by Crippen LogP contribution is -2.35. The summed E-state index contributed by atoms with van der Waals surface area (Å²) in [5.74, 6) is 0.457. The number of hydrogen-bond acceptors (Lipinski definition) is 3. The minimum atomic E-state index is -0.449. The van der Waals surface area contributed by atoms with Crippen molar-refractivity contribution in [1.82, 2.24) is 0 Å². The zero-order valence-electron chi connectivity index (χ0n) is 10.0. The van der Waals surface area contributed by atoms with Crippen molar-refractivity contribution in [2.45, 2.75) is 35.3 Å². The summed E-state index contributed by atoms with van der Waals surface area (Å²) in [7, 11) is 0. The van der Waals surface area contributed by atoms with Crippen LogP contribution >= 0.6 is 11.8 Å². The maximum atomic E-state index is 12.3. The molecule has 0 heterocycles. The van der Waals surface area contributed by atoms with E-state index in [4.69, 9.17) is 0 Å². The summed E-state index contributed by atoms with van der Waals surface area (Å²) < 4.78 is -0.449. The molecule has 0 saturated heterocycles. The van der Waals surface area contributed by atoms with Crippen molar-refractivity contribution in [1.29, 1.82) is 0 Å². The molecule has 2 aliphatic carbocycles. The third-order valence-electron chi connectivity index (χ3n) is 3.68. The lowest BCUT2D eigenvalue weighted by Gasteiger charge is -2.31. The van der Waals surface area contributed by atoms with E-state index < -0.39 is 4.75 Å². The highest BCUT2D eigenvalue weighted by atomic mass is 32.2. The second kappa shape index (κ2) is 4.39. The first kappa shape index (κ1) is 11.7. The van der Waals surface area contributed by atoms with Gasteiger partial charge < -0.3 is 0 Å². The van der Waals surface area contributed by atoms with Gasteiger partial charge in [-0.2, -0.15) is 0 Å². The first-order chi connectivity index (χ1) is 8.71. The van der Waals surface area contributed by atoms with Crippen LogP contribution < -0.4 is 0 Å². The molecule has 1 atom stereocenters. The highest BCUT2D eigenvalue weighted by molar-refractivity contribution is 8.01. The summed E-state index contributed by atoms with van der Waals surface area (Å²) in [4.78, 5) is 24.9. The minimum absolute atomic E-state index is 0.170. The van der Waals surface area contributed by atoms with E-state index in [1.807, 2.05) is 30.3 Å². The van der Waals surface area contributed by atoms with E-state index in [-0.39, 0.29) is 11.6 Å². The number of carbonyl (C=O) groups excluding carboxylic acids is 2. The van der Waals surface area contributed by atoms with Crippen LogP contribution in [0, 0.1) is 0 Å². The van der Waals surface area contributed by atoms with Gasteiger partial charge in [-0.3, -0.25) is 9.59 Å². The topological polar surface area (TPSA) is 34.1 Å². The number of thioether (sulfide) groups is 1. The molecule has 1 fully saturated rings. The first-order valence-electron chi connectivity index (χ1n) is 6.22. The number of benzene rings is 1. The Hall–Kier alpha value is -1.35. The van der Waals surface area contributed by atoms with Crippen LogP contribution in [0.4, 0.5) is 0 Å². The van der Waals surface area contributed by atoms with Gasteiger partial charge in [0.25, 0.3) is 0 Å². The van der Waals surface area contributed by atoms with Crippen LogP contribution in [0.15, 0.2) is 46.9 Å². The fourth-order valence-electron chi connectivity index (χ4n) is 2.75. The molecule has 1 unspecified atom stereocenters. The van der Waals surface area contributed by atoms with Gasteiger partial charge in [0.05, 0.1) is 0 Å². The standard InChI is InChI=1S/C15H14O2S/c16-12-8-9-15(11(10-12)6-7-14(15)17)18-13-4-2-1-3-5-13/h1-5,10H,6-9H2. The smallest absolute Gasteiger partial charge is 0.155 e. The third-order valence-corrected chi connectivity index (χ3v) is 5.23. The fraction of sp³-hybridized carbons (Fsp3) is 0.333. The monoisotopic (exact) mass is 258 g/mol. The molecule has 18 heavy (non-hydrogen) atoms. The zero-order valence-corrected chi connectivity index (χ0v) is 10.8. The van der Waals surface area contributed by atoms with Crippen LogP contribution in [0.2, 0.25) is 0 Å². The number of rotatable bonds is 2. The molecule has 0 spiro atoms. The van der Waals surface area contributed by atoms with Gasteiger partial charge in [0, 0.05) is 17.7 Å². The molecule has 0 radical (unpaired) electrons. The summed E-state index contributed by atoms with van der Waals surface area (Å²) in [6.07, 6.45) is 4.21. The van der Waals surface area contributed by atoms with Crippen molar-refractivity contribution in [3.05, 3.63) is 42.0 Å². The number of allylic oxidation sites excluding steroid dienone is 1. The molecule has 92 valence electrons. The highest BCUT2D eigenvalue weighted by Crippen LogP contribution is 2.51. The number of ketones is 2. The Morgan fingerprint density at radius 1 is 1.00 bits per heavy atom. The molecular formula is C15H14O2S. The quantitative estimate of drug-likeness (QED) is 0.817. The molecule has 2 aliphatic rings. The van der Waals surface area contributed by atoms with Crippen LogP contribution in [0.5, 0.6) is 0 Å². The van der Waals surface area contributed by atoms with Gasteiger partial charge in [-0.25, -0.2) is 0 Å². The predicted octanol–water partition coefficient (Wildman–Crippen LogP) is 3.17.